The molecule has 1 saturated heterocycles. The van der Waals surface area contributed by atoms with Gasteiger partial charge in [-0.1, -0.05) is 25.8 Å². The first-order chi connectivity index (χ1) is 14.0. The molecule has 6 heteroatoms. The first-order valence-corrected chi connectivity index (χ1v) is 10.6. The summed E-state index contributed by atoms with van der Waals surface area (Å²) in [6.07, 6.45) is 8.31. The lowest BCUT2D eigenvalue weighted by molar-refractivity contribution is -0.130. The molecule has 1 aliphatic heterocycles. The van der Waals surface area contributed by atoms with Crippen LogP contribution < -0.4 is 10.6 Å². The lowest BCUT2D eigenvalue weighted by Gasteiger charge is -2.30. The summed E-state index contributed by atoms with van der Waals surface area (Å²) in [6.45, 7) is 6.55. The van der Waals surface area contributed by atoms with Gasteiger partial charge in [0.25, 0.3) is 5.91 Å². The highest BCUT2D eigenvalue weighted by Gasteiger charge is 2.27. The van der Waals surface area contributed by atoms with Crippen molar-refractivity contribution in [2.75, 3.05) is 18.4 Å². The number of likely N-dealkylation sites (tertiary alicyclic amines) is 1. The Morgan fingerprint density at radius 3 is 2.38 bits per heavy atom. The first-order valence-electron chi connectivity index (χ1n) is 10.6. The molecule has 2 fully saturated rings. The fraction of sp³-hybridized carbons (Fsp3) is 0.522. The predicted molar refractivity (Wildman–Crippen MR) is 114 cm³/mol. The smallest absolute Gasteiger partial charge is 0.251 e. The molecule has 3 rings (SSSR count). The quantitative estimate of drug-likeness (QED) is 0.747. The third-order valence-corrected chi connectivity index (χ3v) is 6.04. The molecule has 156 valence electrons. The molecule has 1 aliphatic carbocycles. The summed E-state index contributed by atoms with van der Waals surface area (Å²) < 4.78 is 0. The Morgan fingerprint density at radius 1 is 1.07 bits per heavy atom. The van der Waals surface area contributed by atoms with E-state index in [1.807, 2.05) is 13.0 Å². The summed E-state index contributed by atoms with van der Waals surface area (Å²) >= 11 is 0. The molecule has 0 bridgehead atoms. The lowest BCUT2D eigenvalue weighted by Crippen LogP contribution is -2.40. The number of nitrogens with one attached hydrogen (secondary N) is 2. The van der Waals surface area contributed by atoms with Crippen molar-refractivity contribution in [2.45, 2.75) is 57.9 Å². The number of piperidine rings is 1. The summed E-state index contributed by atoms with van der Waals surface area (Å²) in [5, 5.41) is 6.12. The molecule has 1 heterocycles. The first kappa shape index (κ1) is 21.1. The number of benzene rings is 1. The van der Waals surface area contributed by atoms with Gasteiger partial charge in [0.05, 0.1) is 0 Å². The maximum atomic E-state index is 12.6. The van der Waals surface area contributed by atoms with Gasteiger partial charge < -0.3 is 15.5 Å². The minimum atomic E-state index is -0.113. The van der Waals surface area contributed by atoms with Crippen LogP contribution in [0.2, 0.25) is 0 Å². The standard InChI is InChI=1S/C23H31N3O3/c1-3-21(27)26-13-11-17(12-14-26)22(28)25-20-10-9-18(15-16(20)2)23(29)24-19-7-5-4-6-8-19/h3,9-10,15,17,19H,1,4-8,11-14H2,2H3,(H,24,29)(H,25,28). The minimum Gasteiger partial charge on any atom is -0.349 e. The zero-order chi connectivity index (χ0) is 20.8. The van der Waals surface area contributed by atoms with Crippen molar-refractivity contribution >= 4 is 23.4 Å². The fourth-order valence-corrected chi connectivity index (χ4v) is 4.19. The number of hydrogen-bond acceptors (Lipinski definition) is 3. The van der Waals surface area contributed by atoms with Crippen molar-refractivity contribution < 1.29 is 14.4 Å². The Hall–Kier alpha value is -2.63. The highest BCUT2D eigenvalue weighted by molar-refractivity contribution is 5.97. The molecule has 2 N–H and O–H groups in total. The van der Waals surface area contributed by atoms with E-state index in [1.165, 1.54) is 25.3 Å². The summed E-state index contributed by atoms with van der Waals surface area (Å²) in [4.78, 5) is 38.5. The number of anilines is 1. The topological polar surface area (TPSA) is 78.5 Å². The van der Waals surface area contributed by atoms with Gasteiger partial charge in [0, 0.05) is 36.3 Å². The van der Waals surface area contributed by atoms with E-state index >= 15 is 0 Å². The Morgan fingerprint density at radius 2 is 1.76 bits per heavy atom. The highest BCUT2D eigenvalue weighted by Crippen LogP contribution is 2.23. The van der Waals surface area contributed by atoms with Crippen molar-refractivity contribution in [3.63, 3.8) is 0 Å². The van der Waals surface area contributed by atoms with E-state index in [-0.39, 0.29) is 29.7 Å². The molecule has 0 radical (unpaired) electrons. The van der Waals surface area contributed by atoms with Crippen LogP contribution in [0.25, 0.3) is 0 Å². The SMILES string of the molecule is C=CC(=O)N1CCC(C(=O)Nc2ccc(C(=O)NC3CCCCC3)cc2C)CC1. The zero-order valence-electron chi connectivity index (χ0n) is 17.2. The molecule has 0 aromatic heterocycles. The van der Waals surface area contributed by atoms with Crippen LogP contribution >= 0.6 is 0 Å². The molecule has 2 aliphatic rings. The Kier molecular flexibility index (Phi) is 7.07. The molecule has 1 aromatic carbocycles. The minimum absolute atomic E-state index is 0.0294. The van der Waals surface area contributed by atoms with E-state index in [1.54, 1.807) is 17.0 Å². The van der Waals surface area contributed by atoms with E-state index in [9.17, 15) is 14.4 Å². The molecule has 1 saturated carbocycles. The molecule has 3 amide bonds. The average molecular weight is 398 g/mol. The molecular weight excluding hydrogens is 366 g/mol. The van der Waals surface area contributed by atoms with Gasteiger partial charge in [0.15, 0.2) is 0 Å². The number of carbonyl (C=O) groups is 3. The van der Waals surface area contributed by atoms with Crippen LogP contribution in [0.15, 0.2) is 30.9 Å². The van der Waals surface area contributed by atoms with Crippen LogP contribution in [0.3, 0.4) is 0 Å². The number of hydrogen-bond donors (Lipinski definition) is 2. The molecule has 1 aromatic rings. The van der Waals surface area contributed by atoms with Gasteiger partial charge in [-0.15, -0.1) is 0 Å². The van der Waals surface area contributed by atoms with Gasteiger partial charge in [-0.25, -0.2) is 0 Å². The van der Waals surface area contributed by atoms with E-state index in [0.717, 1.165) is 24.1 Å². The van der Waals surface area contributed by atoms with Crippen molar-refractivity contribution in [3.8, 4) is 0 Å². The van der Waals surface area contributed by atoms with Gasteiger partial charge in [-0.05, 0) is 62.4 Å². The van der Waals surface area contributed by atoms with Crippen molar-refractivity contribution in [1.29, 1.82) is 0 Å². The van der Waals surface area contributed by atoms with Crippen LogP contribution in [0, 0.1) is 12.8 Å². The van der Waals surface area contributed by atoms with E-state index in [2.05, 4.69) is 17.2 Å². The van der Waals surface area contributed by atoms with Gasteiger partial charge in [-0.3, -0.25) is 14.4 Å². The maximum absolute atomic E-state index is 12.6. The lowest BCUT2D eigenvalue weighted by atomic mass is 9.95. The average Bonchev–Trinajstić information content (AvgIpc) is 2.75. The third-order valence-electron chi connectivity index (χ3n) is 6.04. The summed E-state index contributed by atoms with van der Waals surface area (Å²) in [5.41, 5.74) is 2.23. The maximum Gasteiger partial charge on any atom is 0.251 e. The summed E-state index contributed by atoms with van der Waals surface area (Å²) in [5.74, 6) is -0.269. The monoisotopic (exact) mass is 397 g/mol. The van der Waals surface area contributed by atoms with E-state index in [0.29, 0.717) is 31.5 Å². The van der Waals surface area contributed by atoms with Crippen LogP contribution in [-0.2, 0) is 9.59 Å². The number of carbonyl (C=O) groups excluding carboxylic acids is 3. The molecule has 6 nitrogen and oxygen atoms in total. The van der Waals surface area contributed by atoms with Crippen molar-refractivity contribution in [3.05, 3.63) is 42.0 Å². The van der Waals surface area contributed by atoms with Gasteiger partial charge in [-0.2, -0.15) is 0 Å². The molecular formula is C23H31N3O3. The second kappa shape index (κ2) is 9.72. The van der Waals surface area contributed by atoms with Crippen LogP contribution in [-0.4, -0.2) is 41.8 Å². The summed E-state index contributed by atoms with van der Waals surface area (Å²) in [7, 11) is 0. The van der Waals surface area contributed by atoms with Gasteiger partial charge >= 0.3 is 0 Å². The van der Waals surface area contributed by atoms with E-state index < -0.39 is 0 Å². The largest absolute Gasteiger partial charge is 0.349 e. The van der Waals surface area contributed by atoms with Gasteiger partial charge in [0.1, 0.15) is 0 Å². The Bertz CT molecular complexity index is 776. The number of aryl methyl sites for hydroxylation is 1. The Labute approximate surface area is 172 Å². The van der Waals surface area contributed by atoms with E-state index in [4.69, 9.17) is 0 Å². The molecule has 0 unspecified atom stereocenters. The molecule has 0 spiro atoms. The van der Waals surface area contributed by atoms with Crippen LogP contribution in [0.4, 0.5) is 5.69 Å². The second-order valence-corrected chi connectivity index (χ2v) is 8.13. The predicted octanol–water partition coefficient (Wildman–Crippen LogP) is 3.42. The fourth-order valence-electron chi connectivity index (χ4n) is 4.19. The Balaban J connectivity index is 1.55. The third kappa shape index (κ3) is 5.46. The molecule has 29 heavy (non-hydrogen) atoms. The van der Waals surface area contributed by atoms with Crippen molar-refractivity contribution in [1.82, 2.24) is 10.2 Å². The van der Waals surface area contributed by atoms with Crippen LogP contribution in [0.1, 0.15) is 60.9 Å². The molecule has 0 atom stereocenters. The summed E-state index contributed by atoms with van der Waals surface area (Å²) in [6, 6.07) is 5.68. The normalized spacial score (nSPS) is 18.2. The highest BCUT2D eigenvalue weighted by atomic mass is 16.2. The van der Waals surface area contributed by atoms with Crippen LogP contribution in [0.5, 0.6) is 0 Å². The second-order valence-electron chi connectivity index (χ2n) is 8.13. The van der Waals surface area contributed by atoms with Crippen molar-refractivity contribution in [2.24, 2.45) is 5.92 Å². The number of rotatable bonds is 5. The zero-order valence-corrected chi connectivity index (χ0v) is 17.2. The van der Waals surface area contributed by atoms with Gasteiger partial charge in [0.2, 0.25) is 11.8 Å². The number of nitrogens with zero attached hydrogens (tertiary/aromatic N) is 1. The number of amides is 3.